The molecule has 3 aliphatic heterocycles. The fourth-order valence-electron chi connectivity index (χ4n) is 7.45. The smallest absolute Gasteiger partial charge is 0.416 e. The molecule has 3 saturated heterocycles. The lowest BCUT2D eigenvalue weighted by Crippen LogP contribution is -2.46. The van der Waals surface area contributed by atoms with E-state index in [4.69, 9.17) is 33.8 Å². The number of benzene rings is 1. The van der Waals surface area contributed by atoms with E-state index in [-0.39, 0.29) is 37.2 Å². The van der Waals surface area contributed by atoms with Crippen LogP contribution in [-0.4, -0.2) is 123 Å². The molecular formula is C43H61N7O9. The van der Waals surface area contributed by atoms with E-state index < -0.39 is 35.6 Å². The van der Waals surface area contributed by atoms with Crippen molar-refractivity contribution >= 4 is 35.8 Å². The van der Waals surface area contributed by atoms with Crippen LogP contribution in [0.2, 0.25) is 0 Å². The molecule has 0 spiro atoms. The normalized spacial score (nSPS) is 19.2. The van der Waals surface area contributed by atoms with Crippen LogP contribution in [-0.2, 0) is 25.6 Å². The highest BCUT2D eigenvalue weighted by molar-refractivity contribution is 5.87. The Kier molecular flexibility index (Phi) is 13.5. The van der Waals surface area contributed by atoms with Crippen molar-refractivity contribution in [1.82, 2.24) is 29.3 Å². The molecule has 0 radical (unpaired) electrons. The first-order chi connectivity index (χ1) is 27.9. The summed E-state index contributed by atoms with van der Waals surface area (Å²) < 4.78 is 31.1. The van der Waals surface area contributed by atoms with Crippen LogP contribution < -0.4 is 9.64 Å². The van der Waals surface area contributed by atoms with Crippen molar-refractivity contribution in [1.29, 1.82) is 0 Å². The maximum absolute atomic E-state index is 14.1. The SMILES string of the molecule is CC(C)c1cnn2c(N(CC3CCN(C(=O)OC4CCN(C(=O)OCc5ccccc5)C4)CC3)C(=O)OC(C)(C)C)cc(OC3CCCN(C(=O)OC(C)(C)C)C3)nc12. The number of rotatable bonds is 9. The zero-order chi connectivity index (χ0) is 42.5. The predicted octanol–water partition coefficient (Wildman–Crippen LogP) is 7.63. The molecule has 3 aromatic rings. The van der Waals surface area contributed by atoms with Gasteiger partial charge in [0.05, 0.1) is 19.3 Å². The Labute approximate surface area is 347 Å². The second kappa shape index (κ2) is 18.3. The molecule has 3 fully saturated rings. The van der Waals surface area contributed by atoms with Gasteiger partial charge < -0.3 is 38.4 Å². The molecule has 1 aromatic carbocycles. The van der Waals surface area contributed by atoms with Crippen molar-refractivity contribution in [3.8, 4) is 5.88 Å². The van der Waals surface area contributed by atoms with Crippen LogP contribution in [0.1, 0.15) is 105 Å². The molecule has 59 heavy (non-hydrogen) atoms. The van der Waals surface area contributed by atoms with Crippen LogP contribution >= 0.6 is 0 Å². The van der Waals surface area contributed by atoms with Gasteiger partial charge in [0.2, 0.25) is 5.88 Å². The topological polar surface area (TPSA) is 158 Å². The molecule has 0 N–H and O–H groups in total. The van der Waals surface area contributed by atoms with Crippen LogP contribution in [0.4, 0.5) is 25.0 Å². The zero-order valence-electron chi connectivity index (χ0n) is 35.8. The van der Waals surface area contributed by atoms with Gasteiger partial charge in [-0.1, -0.05) is 44.2 Å². The first-order valence-electron chi connectivity index (χ1n) is 20.9. The Morgan fingerprint density at radius 3 is 2.14 bits per heavy atom. The van der Waals surface area contributed by atoms with E-state index in [1.165, 1.54) is 0 Å². The molecular weight excluding hydrogens is 759 g/mol. The highest BCUT2D eigenvalue weighted by Crippen LogP contribution is 2.32. The van der Waals surface area contributed by atoms with Gasteiger partial charge in [-0.3, -0.25) is 4.90 Å². The van der Waals surface area contributed by atoms with Crippen LogP contribution in [0, 0.1) is 5.92 Å². The number of amides is 4. The molecule has 2 aromatic heterocycles. The van der Waals surface area contributed by atoms with E-state index in [1.54, 1.807) is 36.4 Å². The largest absolute Gasteiger partial charge is 0.472 e. The fraction of sp³-hybridized carbons (Fsp3) is 0.628. The summed E-state index contributed by atoms with van der Waals surface area (Å²) in [7, 11) is 0. The average Bonchev–Trinajstić information content (AvgIpc) is 3.83. The van der Waals surface area contributed by atoms with E-state index in [9.17, 15) is 19.2 Å². The highest BCUT2D eigenvalue weighted by atomic mass is 16.6. The molecule has 6 rings (SSSR count). The third-order valence-corrected chi connectivity index (χ3v) is 10.5. The summed E-state index contributed by atoms with van der Waals surface area (Å²) in [5, 5.41) is 4.69. The number of carbonyl (C=O) groups excluding carboxylic acids is 4. The molecule has 5 heterocycles. The number of aromatic nitrogens is 3. The van der Waals surface area contributed by atoms with Gasteiger partial charge >= 0.3 is 24.4 Å². The van der Waals surface area contributed by atoms with Gasteiger partial charge in [0.15, 0.2) is 5.65 Å². The molecule has 4 amide bonds. The summed E-state index contributed by atoms with van der Waals surface area (Å²) >= 11 is 0. The molecule has 3 aliphatic rings. The number of ether oxygens (including phenoxy) is 5. The van der Waals surface area contributed by atoms with E-state index >= 15 is 0 Å². The van der Waals surface area contributed by atoms with E-state index in [2.05, 4.69) is 13.8 Å². The number of carbonyl (C=O) groups is 4. The summed E-state index contributed by atoms with van der Waals surface area (Å²) in [4.78, 5) is 64.4. The quantitative estimate of drug-likeness (QED) is 0.196. The lowest BCUT2D eigenvalue weighted by molar-refractivity contribution is 0.00719. The van der Waals surface area contributed by atoms with Gasteiger partial charge in [-0.2, -0.15) is 14.6 Å². The zero-order valence-corrected chi connectivity index (χ0v) is 35.8. The Morgan fingerprint density at radius 2 is 1.46 bits per heavy atom. The Bertz CT molecular complexity index is 1930. The monoisotopic (exact) mass is 819 g/mol. The van der Waals surface area contributed by atoms with Gasteiger partial charge in [-0.15, -0.1) is 0 Å². The maximum Gasteiger partial charge on any atom is 0.416 e. The summed E-state index contributed by atoms with van der Waals surface area (Å²) in [6.07, 6.45) is 2.46. The molecule has 0 bridgehead atoms. The van der Waals surface area contributed by atoms with Crippen LogP contribution in [0.5, 0.6) is 5.88 Å². The van der Waals surface area contributed by atoms with Crippen molar-refractivity contribution in [2.24, 2.45) is 5.92 Å². The summed E-state index contributed by atoms with van der Waals surface area (Å²) in [5.41, 5.74) is 0.962. The van der Waals surface area contributed by atoms with E-state index in [0.29, 0.717) is 75.9 Å². The molecule has 2 atom stereocenters. The van der Waals surface area contributed by atoms with Crippen LogP contribution in [0.3, 0.4) is 0 Å². The number of piperidine rings is 2. The van der Waals surface area contributed by atoms with Gasteiger partial charge in [0.1, 0.15) is 35.8 Å². The number of hydrogen-bond acceptors (Lipinski definition) is 11. The minimum absolute atomic E-state index is 0.0152. The minimum Gasteiger partial charge on any atom is -0.472 e. The standard InChI is InChI=1S/C43H61N7O9/c1-29(2)34-24-44-50-36(23-35(45-37(34)50)56-32-15-12-19-47(26-32)40(53)58-42(3,4)5)49(41(54)59-43(6,7)8)25-30-16-20-46(21-17-30)39(52)57-33-18-22-48(27-33)38(51)55-28-31-13-10-9-11-14-31/h9-11,13-14,23-24,29-30,32-33H,12,15-22,25-28H2,1-8H3. The van der Waals surface area contributed by atoms with Gasteiger partial charge in [-0.05, 0) is 84.6 Å². The molecule has 16 heteroatoms. The summed E-state index contributed by atoms with van der Waals surface area (Å²) in [6.45, 7) is 18.1. The first kappa shape index (κ1) is 43.3. The predicted molar refractivity (Wildman–Crippen MR) is 219 cm³/mol. The fourth-order valence-corrected chi connectivity index (χ4v) is 7.45. The molecule has 0 aliphatic carbocycles. The van der Waals surface area contributed by atoms with E-state index in [1.807, 2.05) is 71.9 Å². The third-order valence-electron chi connectivity index (χ3n) is 10.5. The maximum atomic E-state index is 14.1. The highest BCUT2D eigenvalue weighted by Gasteiger charge is 2.35. The number of fused-ring (bicyclic) bond motifs is 1. The van der Waals surface area contributed by atoms with Gasteiger partial charge in [0.25, 0.3) is 0 Å². The third kappa shape index (κ3) is 11.7. The minimum atomic E-state index is -0.775. The van der Waals surface area contributed by atoms with Crippen molar-refractivity contribution < 1.29 is 42.9 Å². The lowest BCUT2D eigenvalue weighted by atomic mass is 9.96. The van der Waals surface area contributed by atoms with Crippen molar-refractivity contribution in [2.75, 3.05) is 50.7 Å². The van der Waals surface area contributed by atoms with Gasteiger partial charge in [0, 0.05) is 50.8 Å². The second-order valence-electron chi connectivity index (χ2n) is 18.1. The van der Waals surface area contributed by atoms with Crippen molar-refractivity contribution in [3.63, 3.8) is 0 Å². The van der Waals surface area contributed by atoms with Crippen LogP contribution in [0.25, 0.3) is 5.65 Å². The Morgan fingerprint density at radius 1 is 0.797 bits per heavy atom. The summed E-state index contributed by atoms with van der Waals surface area (Å²) in [6, 6.07) is 11.2. The number of anilines is 1. The Hall–Kier alpha value is -5.28. The Balaban J connectivity index is 1.12. The van der Waals surface area contributed by atoms with Crippen molar-refractivity contribution in [2.45, 2.75) is 123 Å². The molecule has 2 unspecified atom stereocenters. The number of hydrogen-bond donors (Lipinski definition) is 0. The van der Waals surface area contributed by atoms with E-state index in [0.717, 1.165) is 24.0 Å². The van der Waals surface area contributed by atoms with Crippen molar-refractivity contribution in [3.05, 3.63) is 53.7 Å². The second-order valence-corrected chi connectivity index (χ2v) is 18.1. The molecule has 16 nitrogen and oxygen atoms in total. The number of likely N-dealkylation sites (tertiary alicyclic amines) is 3. The molecule has 322 valence electrons. The average molecular weight is 820 g/mol. The summed E-state index contributed by atoms with van der Waals surface area (Å²) in [5.74, 6) is 0.856. The lowest BCUT2D eigenvalue weighted by Gasteiger charge is -2.35. The number of nitrogens with zero attached hydrogens (tertiary/aromatic N) is 7. The first-order valence-corrected chi connectivity index (χ1v) is 20.9. The molecule has 0 saturated carbocycles. The van der Waals surface area contributed by atoms with Crippen LogP contribution in [0.15, 0.2) is 42.6 Å². The van der Waals surface area contributed by atoms with Gasteiger partial charge in [-0.25, -0.2) is 19.2 Å².